The van der Waals surface area contributed by atoms with E-state index in [2.05, 4.69) is 0 Å². The van der Waals surface area contributed by atoms with E-state index in [-0.39, 0.29) is 28.6 Å². The quantitative estimate of drug-likeness (QED) is 0.664. The molecule has 1 aromatic rings. The van der Waals surface area contributed by atoms with Crippen LogP contribution >= 0.6 is 11.6 Å². The third-order valence-electron chi connectivity index (χ3n) is 2.34. The first-order chi connectivity index (χ1) is 8.76. The lowest BCUT2D eigenvalue weighted by Crippen LogP contribution is -2.14. The summed E-state index contributed by atoms with van der Waals surface area (Å²) in [6.07, 6.45) is 1.74. The molecule has 106 valence electrons. The molecule has 0 aliphatic rings. The van der Waals surface area contributed by atoms with E-state index in [1.807, 2.05) is 6.92 Å². The summed E-state index contributed by atoms with van der Waals surface area (Å²) in [5, 5.41) is 0.195. The number of esters is 1. The van der Waals surface area contributed by atoms with Gasteiger partial charge in [0.15, 0.2) is 9.84 Å². The molecule has 1 aromatic carbocycles. The number of sulfone groups is 1. The van der Waals surface area contributed by atoms with Crippen LogP contribution in [0.5, 0.6) is 0 Å². The summed E-state index contributed by atoms with van der Waals surface area (Å²) >= 11 is 5.85. The molecule has 1 rings (SSSR count). The molecule has 0 atom stereocenters. The lowest BCUT2D eigenvalue weighted by molar-refractivity contribution is 0.0505. The highest BCUT2D eigenvalue weighted by Gasteiger charge is 2.21. The second kappa shape index (κ2) is 6.25. The van der Waals surface area contributed by atoms with E-state index < -0.39 is 15.8 Å². The molecule has 2 N–H and O–H groups in total. The monoisotopic (exact) mass is 305 g/mol. The predicted octanol–water partition coefficient (Wildman–Crippen LogP) is 2.03. The van der Waals surface area contributed by atoms with Gasteiger partial charge in [-0.2, -0.15) is 0 Å². The van der Waals surface area contributed by atoms with Gasteiger partial charge in [0.25, 0.3) is 0 Å². The number of hydrogen-bond donors (Lipinski definition) is 1. The molecule has 0 bridgehead atoms. The summed E-state index contributed by atoms with van der Waals surface area (Å²) in [7, 11) is -3.29. The second-order valence-electron chi connectivity index (χ2n) is 4.20. The number of anilines is 1. The van der Waals surface area contributed by atoms with Crippen LogP contribution < -0.4 is 5.73 Å². The van der Waals surface area contributed by atoms with E-state index >= 15 is 0 Å². The molecule has 0 aliphatic carbocycles. The summed E-state index contributed by atoms with van der Waals surface area (Å²) in [5.74, 6) is -0.939. The van der Waals surface area contributed by atoms with E-state index in [0.717, 1.165) is 6.26 Å². The Hall–Kier alpha value is -1.27. The van der Waals surface area contributed by atoms with Crippen molar-refractivity contribution in [1.82, 2.24) is 0 Å². The first-order valence-electron chi connectivity index (χ1n) is 5.68. The van der Waals surface area contributed by atoms with Crippen molar-refractivity contribution in [2.24, 2.45) is 0 Å². The van der Waals surface area contributed by atoms with Crippen LogP contribution in [0.4, 0.5) is 5.69 Å². The predicted molar refractivity (Wildman–Crippen MR) is 75.0 cm³/mol. The smallest absolute Gasteiger partial charge is 0.340 e. The molecule has 0 amide bonds. The topological polar surface area (TPSA) is 86.5 Å². The fraction of sp³-hybridized carbons (Fsp3) is 0.417. The number of benzene rings is 1. The van der Waals surface area contributed by atoms with Crippen molar-refractivity contribution in [1.29, 1.82) is 0 Å². The maximum Gasteiger partial charge on any atom is 0.340 e. The molecular formula is C12H16ClNO4S. The molecule has 0 saturated heterocycles. The zero-order valence-electron chi connectivity index (χ0n) is 10.8. The van der Waals surface area contributed by atoms with Crippen molar-refractivity contribution in [2.45, 2.75) is 19.1 Å². The van der Waals surface area contributed by atoms with E-state index in [4.69, 9.17) is 22.1 Å². The van der Waals surface area contributed by atoms with Gasteiger partial charge in [-0.05, 0) is 18.1 Å². The fourth-order valence-electron chi connectivity index (χ4n) is 1.55. The van der Waals surface area contributed by atoms with Gasteiger partial charge in [0, 0.05) is 6.26 Å². The Kier molecular flexibility index (Phi) is 5.20. The normalized spacial score (nSPS) is 11.3. The minimum absolute atomic E-state index is 0.0337. The lowest BCUT2D eigenvalue weighted by atomic mass is 10.1. The fourth-order valence-corrected chi connectivity index (χ4v) is 2.51. The van der Waals surface area contributed by atoms with E-state index in [9.17, 15) is 13.2 Å². The third-order valence-corrected chi connectivity index (χ3v) is 3.50. The number of rotatable bonds is 5. The Morgan fingerprint density at radius 3 is 2.58 bits per heavy atom. The van der Waals surface area contributed by atoms with Crippen LogP contribution in [-0.4, -0.2) is 27.2 Å². The van der Waals surface area contributed by atoms with Crippen LogP contribution in [0.2, 0.25) is 5.02 Å². The molecule has 0 saturated carbocycles. The van der Waals surface area contributed by atoms with Crippen molar-refractivity contribution in [2.75, 3.05) is 18.6 Å². The summed E-state index contributed by atoms with van der Waals surface area (Å²) in [6, 6.07) is 2.94. The molecule has 0 spiro atoms. The van der Waals surface area contributed by atoms with Gasteiger partial charge < -0.3 is 10.5 Å². The second-order valence-corrected chi connectivity index (χ2v) is 6.75. The number of nitrogens with two attached hydrogens (primary N) is 1. The van der Waals surface area contributed by atoms with E-state index in [1.54, 1.807) is 0 Å². The zero-order chi connectivity index (χ0) is 14.6. The Morgan fingerprint density at radius 1 is 1.42 bits per heavy atom. The molecule has 0 aromatic heterocycles. The highest BCUT2D eigenvalue weighted by molar-refractivity contribution is 7.89. The Morgan fingerprint density at radius 2 is 2.05 bits per heavy atom. The summed E-state index contributed by atoms with van der Waals surface area (Å²) in [5.41, 5.74) is 6.12. The van der Waals surface area contributed by atoms with Gasteiger partial charge in [-0.25, -0.2) is 13.2 Å². The average molecular weight is 306 g/mol. The van der Waals surface area contributed by atoms with Crippen LogP contribution in [0.1, 0.15) is 29.3 Å². The minimum Gasteiger partial charge on any atom is -0.462 e. The molecule has 0 unspecified atom stereocenters. The number of halogens is 1. The van der Waals surface area contributed by atoms with Crippen LogP contribution in [0, 0.1) is 0 Å². The van der Waals surface area contributed by atoms with Gasteiger partial charge in [-0.3, -0.25) is 0 Å². The van der Waals surface area contributed by atoms with Gasteiger partial charge in [-0.1, -0.05) is 24.6 Å². The van der Waals surface area contributed by atoms with Crippen molar-refractivity contribution in [3.8, 4) is 0 Å². The molecule has 0 heterocycles. The highest BCUT2D eigenvalue weighted by Crippen LogP contribution is 2.28. The van der Waals surface area contributed by atoms with Crippen LogP contribution in [0.3, 0.4) is 0 Å². The number of ether oxygens (including phenoxy) is 1. The van der Waals surface area contributed by atoms with E-state index in [0.29, 0.717) is 12.0 Å². The molecule has 0 fully saturated rings. The van der Waals surface area contributed by atoms with Crippen LogP contribution in [-0.2, 0) is 20.3 Å². The maximum atomic E-state index is 11.9. The Balaban J connectivity index is 3.25. The van der Waals surface area contributed by atoms with Gasteiger partial charge in [0.05, 0.1) is 28.6 Å². The van der Waals surface area contributed by atoms with Gasteiger partial charge in [-0.15, -0.1) is 0 Å². The maximum absolute atomic E-state index is 11.9. The SMILES string of the molecule is CCCOC(=O)c1c(CS(C)(=O)=O)ccc(Cl)c1N. The number of carbonyl (C=O) groups is 1. The average Bonchev–Trinajstić information content (AvgIpc) is 2.29. The van der Waals surface area contributed by atoms with Gasteiger partial charge in [0.1, 0.15) is 0 Å². The molecule has 0 aliphatic heterocycles. The highest BCUT2D eigenvalue weighted by atomic mass is 35.5. The molecule has 5 nitrogen and oxygen atoms in total. The molecule has 19 heavy (non-hydrogen) atoms. The van der Waals surface area contributed by atoms with Gasteiger partial charge in [0.2, 0.25) is 0 Å². The zero-order valence-corrected chi connectivity index (χ0v) is 12.3. The van der Waals surface area contributed by atoms with Crippen molar-refractivity contribution < 1.29 is 17.9 Å². The summed E-state index contributed by atoms with van der Waals surface area (Å²) < 4.78 is 27.7. The van der Waals surface area contributed by atoms with Crippen molar-refractivity contribution >= 4 is 33.1 Å². The van der Waals surface area contributed by atoms with Crippen LogP contribution in [0.15, 0.2) is 12.1 Å². The molecule has 7 heteroatoms. The minimum atomic E-state index is -3.29. The molecular weight excluding hydrogens is 290 g/mol. The summed E-state index contributed by atoms with van der Waals surface area (Å²) in [6.45, 7) is 2.09. The first kappa shape index (κ1) is 15.8. The number of carbonyl (C=O) groups excluding carboxylic acids is 1. The standard InChI is InChI=1S/C12H16ClNO4S/c1-3-6-18-12(15)10-8(7-19(2,16)17)4-5-9(13)11(10)14/h4-5H,3,6-7,14H2,1-2H3. The lowest BCUT2D eigenvalue weighted by Gasteiger charge is -2.12. The number of nitrogen functional groups attached to an aromatic ring is 1. The van der Waals surface area contributed by atoms with E-state index in [1.165, 1.54) is 12.1 Å². The Labute approximate surface area is 117 Å². The first-order valence-corrected chi connectivity index (χ1v) is 8.11. The van der Waals surface area contributed by atoms with Crippen molar-refractivity contribution in [3.05, 3.63) is 28.3 Å². The van der Waals surface area contributed by atoms with Crippen molar-refractivity contribution in [3.63, 3.8) is 0 Å². The number of hydrogen-bond acceptors (Lipinski definition) is 5. The summed E-state index contributed by atoms with van der Waals surface area (Å²) in [4.78, 5) is 11.9. The van der Waals surface area contributed by atoms with Crippen LogP contribution in [0.25, 0.3) is 0 Å². The third kappa shape index (κ3) is 4.40. The molecule has 0 radical (unpaired) electrons. The Bertz CT molecular complexity index is 584. The largest absolute Gasteiger partial charge is 0.462 e. The van der Waals surface area contributed by atoms with Gasteiger partial charge >= 0.3 is 5.97 Å².